The normalized spacial score (nSPS) is 17.6. The first-order valence-corrected chi connectivity index (χ1v) is 9.37. The molecule has 0 radical (unpaired) electrons. The monoisotopic (exact) mass is 300 g/mol. The number of carbonyl (C=O) groups excluding carboxylic acids is 1. The van der Waals surface area contributed by atoms with Crippen molar-refractivity contribution >= 4 is 17.7 Å². The zero-order chi connectivity index (χ0) is 14.8. The number of nitrogens with zero attached hydrogens (tertiary/aromatic N) is 1. The van der Waals surface area contributed by atoms with E-state index in [2.05, 4.69) is 31.0 Å². The molecule has 0 aromatic rings. The Morgan fingerprint density at radius 1 is 1.20 bits per heavy atom. The molecule has 118 valence electrons. The van der Waals surface area contributed by atoms with Gasteiger partial charge in [0.2, 0.25) is 5.91 Å². The van der Waals surface area contributed by atoms with Crippen LogP contribution in [0.5, 0.6) is 0 Å². The second kappa shape index (κ2) is 10.5. The summed E-state index contributed by atoms with van der Waals surface area (Å²) in [6, 6.07) is 0.404. The number of likely N-dealkylation sites (tertiary alicyclic amines) is 1. The lowest BCUT2D eigenvalue weighted by molar-refractivity contribution is -0.119. The molecule has 1 fully saturated rings. The van der Waals surface area contributed by atoms with Gasteiger partial charge in [0.05, 0.1) is 5.75 Å². The molecule has 1 rings (SSSR count). The zero-order valence-corrected chi connectivity index (χ0v) is 14.3. The summed E-state index contributed by atoms with van der Waals surface area (Å²) < 4.78 is 0. The minimum atomic E-state index is 0.238. The van der Waals surface area contributed by atoms with Gasteiger partial charge >= 0.3 is 0 Å². The summed E-state index contributed by atoms with van der Waals surface area (Å²) in [7, 11) is 0. The number of hydrogen-bond acceptors (Lipinski definition) is 3. The SMILES string of the molecule is CCCC(CCC)SCC(=O)NC1CCN(CC)CC1. The minimum absolute atomic E-state index is 0.238. The third kappa shape index (κ3) is 6.98. The Morgan fingerprint density at radius 3 is 2.30 bits per heavy atom. The van der Waals surface area contributed by atoms with E-state index in [1.54, 1.807) is 0 Å². The third-order valence-electron chi connectivity index (χ3n) is 4.07. The van der Waals surface area contributed by atoms with Crippen molar-refractivity contribution in [2.45, 2.75) is 70.6 Å². The number of thioether (sulfide) groups is 1. The first-order chi connectivity index (χ1) is 9.69. The Labute approximate surface area is 129 Å². The van der Waals surface area contributed by atoms with Crippen molar-refractivity contribution in [2.24, 2.45) is 0 Å². The smallest absolute Gasteiger partial charge is 0.230 e. The van der Waals surface area contributed by atoms with E-state index in [0.29, 0.717) is 17.0 Å². The van der Waals surface area contributed by atoms with Gasteiger partial charge in [-0.15, -0.1) is 11.8 Å². The van der Waals surface area contributed by atoms with E-state index in [1.807, 2.05) is 11.8 Å². The maximum absolute atomic E-state index is 12.0. The summed E-state index contributed by atoms with van der Waals surface area (Å²) in [6.07, 6.45) is 7.13. The van der Waals surface area contributed by atoms with Crippen LogP contribution in [0.2, 0.25) is 0 Å². The number of amides is 1. The fourth-order valence-corrected chi connectivity index (χ4v) is 4.09. The van der Waals surface area contributed by atoms with Gasteiger partial charge in [-0.1, -0.05) is 33.6 Å². The maximum Gasteiger partial charge on any atom is 0.230 e. The fourth-order valence-electron chi connectivity index (χ4n) is 2.81. The van der Waals surface area contributed by atoms with E-state index in [1.165, 1.54) is 25.7 Å². The molecule has 4 heteroatoms. The van der Waals surface area contributed by atoms with Gasteiger partial charge < -0.3 is 10.2 Å². The first-order valence-electron chi connectivity index (χ1n) is 8.32. The average Bonchev–Trinajstić information content (AvgIpc) is 2.46. The molecule has 1 aliphatic rings. The second-order valence-electron chi connectivity index (χ2n) is 5.79. The van der Waals surface area contributed by atoms with Crippen LogP contribution in [-0.4, -0.2) is 47.5 Å². The molecule has 0 aromatic carbocycles. The lowest BCUT2D eigenvalue weighted by atomic mass is 10.1. The largest absolute Gasteiger partial charge is 0.353 e. The quantitative estimate of drug-likeness (QED) is 0.709. The van der Waals surface area contributed by atoms with Gasteiger partial charge in [0.1, 0.15) is 0 Å². The molecule has 0 aliphatic carbocycles. The summed E-state index contributed by atoms with van der Waals surface area (Å²) in [5.74, 6) is 0.876. The highest BCUT2D eigenvalue weighted by atomic mass is 32.2. The Bertz CT molecular complexity index is 259. The summed E-state index contributed by atoms with van der Waals surface area (Å²) in [4.78, 5) is 14.5. The minimum Gasteiger partial charge on any atom is -0.353 e. The number of hydrogen-bond donors (Lipinski definition) is 1. The summed E-state index contributed by atoms with van der Waals surface area (Å²) >= 11 is 1.85. The molecule has 1 heterocycles. The van der Waals surface area contributed by atoms with E-state index >= 15 is 0 Å². The summed E-state index contributed by atoms with van der Waals surface area (Å²) in [5.41, 5.74) is 0. The van der Waals surface area contributed by atoms with Gasteiger partial charge in [-0.3, -0.25) is 4.79 Å². The topological polar surface area (TPSA) is 32.3 Å². The van der Waals surface area contributed by atoms with Crippen molar-refractivity contribution in [3.63, 3.8) is 0 Å². The van der Waals surface area contributed by atoms with Crippen LogP contribution in [0, 0.1) is 0 Å². The third-order valence-corrected chi connectivity index (χ3v) is 5.44. The van der Waals surface area contributed by atoms with E-state index < -0.39 is 0 Å². The van der Waals surface area contributed by atoms with E-state index in [0.717, 1.165) is 32.5 Å². The van der Waals surface area contributed by atoms with Gasteiger partial charge in [0.25, 0.3) is 0 Å². The van der Waals surface area contributed by atoms with Crippen LogP contribution in [0.15, 0.2) is 0 Å². The van der Waals surface area contributed by atoms with Crippen LogP contribution in [0.4, 0.5) is 0 Å². The zero-order valence-electron chi connectivity index (χ0n) is 13.5. The van der Waals surface area contributed by atoms with Gasteiger partial charge in [0, 0.05) is 24.4 Å². The predicted octanol–water partition coefficient (Wildman–Crippen LogP) is 3.29. The van der Waals surface area contributed by atoms with Crippen LogP contribution in [0.25, 0.3) is 0 Å². The number of carbonyl (C=O) groups is 1. The highest BCUT2D eigenvalue weighted by Crippen LogP contribution is 2.21. The van der Waals surface area contributed by atoms with Crippen LogP contribution in [0.1, 0.15) is 59.3 Å². The van der Waals surface area contributed by atoms with E-state index in [4.69, 9.17) is 0 Å². The Balaban J connectivity index is 2.19. The molecule has 0 spiro atoms. The first kappa shape index (κ1) is 17.8. The average molecular weight is 301 g/mol. The molecule has 0 saturated carbocycles. The van der Waals surface area contributed by atoms with Crippen molar-refractivity contribution in [2.75, 3.05) is 25.4 Å². The number of nitrogens with one attached hydrogen (secondary N) is 1. The van der Waals surface area contributed by atoms with E-state index in [-0.39, 0.29) is 5.91 Å². The Kier molecular flexibility index (Phi) is 9.36. The highest BCUT2D eigenvalue weighted by Gasteiger charge is 2.20. The lowest BCUT2D eigenvalue weighted by Crippen LogP contribution is -2.45. The lowest BCUT2D eigenvalue weighted by Gasteiger charge is -2.31. The van der Waals surface area contributed by atoms with Crippen molar-refractivity contribution in [3.8, 4) is 0 Å². The van der Waals surface area contributed by atoms with Gasteiger partial charge in [0.15, 0.2) is 0 Å². The fraction of sp³-hybridized carbons (Fsp3) is 0.938. The molecule has 0 unspecified atom stereocenters. The number of piperidine rings is 1. The second-order valence-corrected chi connectivity index (χ2v) is 7.08. The van der Waals surface area contributed by atoms with Crippen molar-refractivity contribution in [1.82, 2.24) is 10.2 Å². The maximum atomic E-state index is 12.0. The van der Waals surface area contributed by atoms with Gasteiger partial charge in [-0.05, 0) is 32.2 Å². The molecule has 1 saturated heterocycles. The summed E-state index contributed by atoms with van der Waals surface area (Å²) in [5, 5.41) is 3.88. The Morgan fingerprint density at radius 2 is 1.80 bits per heavy atom. The molecule has 3 nitrogen and oxygen atoms in total. The molecular formula is C16H32N2OS. The van der Waals surface area contributed by atoms with Crippen molar-refractivity contribution in [1.29, 1.82) is 0 Å². The molecule has 20 heavy (non-hydrogen) atoms. The van der Waals surface area contributed by atoms with Gasteiger partial charge in [-0.2, -0.15) is 0 Å². The highest BCUT2D eigenvalue weighted by molar-refractivity contribution is 8.00. The predicted molar refractivity (Wildman–Crippen MR) is 89.3 cm³/mol. The number of rotatable bonds is 9. The molecule has 1 N–H and O–H groups in total. The Hall–Kier alpha value is -0.220. The van der Waals surface area contributed by atoms with Crippen LogP contribution >= 0.6 is 11.8 Å². The van der Waals surface area contributed by atoms with Crippen LogP contribution in [-0.2, 0) is 4.79 Å². The molecular weight excluding hydrogens is 268 g/mol. The van der Waals surface area contributed by atoms with Crippen molar-refractivity contribution < 1.29 is 4.79 Å². The van der Waals surface area contributed by atoms with Crippen LogP contribution < -0.4 is 5.32 Å². The van der Waals surface area contributed by atoms with Gasteiger partial charge in [-0.25, -0.2) is 0 Å². The molecule has 0 aromatic heterocycles. The standard InChI is InChI=1S/C16H32N2OS/c1-4-7-15(8-5-2)20-13-16(19)17-14-9-11-18(6-3)12-10-14/h14-15H,4-13H2,1-3H3,(H,17,19). The van der Waals surface area contributed by atoms with Crippen molar-refractivity contribution in [3.05, 3.63) is 0 Å². The summed E-state index contributed by atoms with van der Waals surface area (Å²) in [6.45, 7) is 10.0. The molecule has 0 bridgehead atoms. The van der Waals surface area contributed by atoms with E-state index in [9.17, 15) is 4.79 Å². The molecule has 1 aliphatic heterocycles. The molecule has 0 atom stereocenters. The molecule has 1 amide bonds. The van der Waals surface area contributed by atoms with Crippen LogP contribution in [0.3, 0.4) is 0 Å².